The SMILES string of the molecule is COc1cc(Cl)cc(CNC(C)(C)C)c1OCCC(N)=O. The summed E-state index contributed by atoms with van der Waals surface area (Å²) in [5.41, 5.74) is 5.95. The maximum absolute atomic E-state index is 10.8. The first-order valence-corrected chi connectivity index (χ1v) is 7.13. The molecule has 0 aliphatic heterocycles. The van der Waals surface area contributed by atoms with Gasteiger partial charge in [0.1, 0.15) is 0 Å². The molecule has 1 aromatic rings. The van der Waals surface area contributed by atoms with Gasteiger partial charge in [0.15, 0.2) is 11.5 Å². The average molecular weight is 315 g/mol. The van der Waals surface area contributed by atoms with Crippen LogP contribution in [0.1, 0.15) is 32.8 Å². The standard InChI is InChI=1S/C15H23ClN2O3/c1-15(2,3)18-9-10-7-11(16)8-12(20-4)14(10)21-6-5-13(17)19/h7-8,18H,5-6,9H2,1-4H3,(H2,17,19). The number of rotatable bonds is 7. The molecule has 118 valence electrons. The van der Waals surface area contributed by atoms with Crippen molar-refractivity contribution in [2.45, 2.75) is 39.3 Å². The van der Waals surface area contributed by atoms with Crippen molar-refractivity contribution in [1.29, 1.82) is 0 Å². The first-order chi connectivity index (χ1) is 9.73. The lowest BCUT2D eigenvalue weighted by Gasteiger charge is -2.22. The van der Waals surface area contributed by atoms with E-state index >= 15 is 0 Å². The molecule has 1 rings (SSSR count). The molecule has 5 nitrogen and oxygen atoms in total. The summed E-state index contributed by atoms with van der Waals surface area (Å²) in [6.45, 7) is 7.00. The van der Waals surface area contributed by atoms with Gasteiger partial charge in [-0.25, -0.2) is 0 Å². The second-order valence-electron chi connectivity index (χ2n) is 5.76. The molecule has 0 spiro atoms. The highest BCUT2D eigenvalue weighted by atomic mass is 35.5. The van der Waals surface area contributed by atoms with Gasteiger partial charge < -0.3 is 20.5 Å². The van der Waals surface area contributed by atoms with Gasteiger partial charge in [-0.05, 0) is 26.8 Å². The topological polar surface area (TPSA) is 73.6 Å². The molecule has 0 heterocycles. The molecule has 0 fully saturated rings. The zero-order chi connectivity index (χ0) is 16.0. The zero-order valence-electron chi connectivity index (χ0n) is 13.0. The van der Waals surface area contributed by atoms with Gasteiger partial charge in [-0.3, -0.25) is 4.79 Å². The van der Waals surface area contributed by atoms with Gasteiger partial charge in [0.2, 0.25) is 5.91 Å². The van der Waals surface area contributed by atoms with E-state index in [9.17, 15) is 4.79 Å². The Morgan fingerprint density at radius 3 is 2.57 bits per heavy atom. The summed E-state index contributed by atoms with van der Waals surface area (Å²) in [4.78, 5) is 10.8. The maximum Gasteiger partial charge on any atom is 0.220 e. The monoisotopic (exact) mass is 314 g/mol. The van der Waals surface area contributed by atoms with Crippen LogP contribution >= 0.6 is 11.6 Å². The van der Waals surface area contributed by atoms with Crippen molar-refractivity contribution in [2.75, 3.05) is 13.7 Å². The molecular formula is C15H23ClN2O3. The van der Waals surface area contributed by atoms with Gasteiger partial charge >= 0.3 is 0 Å². The first kappa shape index (κ1) is 17.6. The minimum Gasteiger partial charge on any atom is -0.493 e. The highest BCUT2D eigenvalue weighted by Crippen LogP contribution is 2.35. The third-order valence-electron chi connectivity index (χ3n) is 2.72. The van der Waals surface area contributed by atoms with Crippen molar-refractivity contribution in [1.82, 2.24) is 5.32 Å². The lowest BCUT2D eigenvalue weighted by Crippen LogP contribution is -2.35. The Kier molecular flexibility index (Phi) is 6.30. The maximum atomic E-state index is 10.8. The number of carbonyl (C=O) groups is 1. The molecule has 0 saturated heterocycles. The van der Waals surface area contributed by atoms with Gasteiger partial charge in [0, 0.05) is 28.7 Å². The van der Waals surface area contributed by atoms with Crippen molar-refractivity contribution in [3.8, 4) is 11.5 Å². The molecule has 1 amide bonds. The Bertz CT molecular complexity index is 498. The van der Waals surface area contributed by atoms with Crippen molar-refractivity contribution in [3.63, 3.8) is 0 Å². The molecular weight excluding hydrogens is 292 g/mol. The number of amides is 1. The van der Waals surface area contributed by atoms with E-state index in [4.69, 9.17) is 26.8 Å². The summed E-state index contributed by atoms with van der Waals surface area (Å²) in [6.07, 6.45) is 0.151. The van der Waals surface area contributed by atoms with Gasteiger partial charge in [0.25, 0.3) is 0 Å². The van der Waals surface area contributed by atoms with Crippen LogP contribution in [0.2, 0.25) is 5.02 Å². The average Bonchev–Trinajstić information content (AvgIpc) is 2.36. The lowest BCUT2D eigenvalue weighted by atomic mass is 10.1. The molecule has 0 aliphatic rings. The summed E-state index contributed by atoms with van der Waals surface area (Å²) in [5.74, 6) is 0.717. The van der Waals surface area contributed by atoms with E-state index in [1.165, 1.54) is 0 Å². The zero-order valence-corrected chi connectivity index (χ0v) is 13.7. The fourth-order valence-electron chi connectivity index (χ4n) is 1.68. The molecule has 0 unspecified atom stereocenters. The molecule has 3 N–H and O–H groups in total. The van der Waals surface area contributed by atoms with Crippen molar-refractivity contribution in [3.05, 3.63) is 22.7 Å². The fraction of sp³-hybridized carbons (Fsp3) is 0.533. The number of benzene rings is 1. The summed E-state index contributed by atoms with van der Waals surface area (Å²) in [5, 5.41) is 3.94. The van der Waals surface area contributed by atoms with Crippen LogP contribution in [0.15, 0.2) is 12.1 Å². The van der Waals surface area contributed by atoms with Crippen LogP contribution in [0.5, 0.6) is 11.5 Å². The van der Waals surface area contributed by atoms with Gasteiger partial charge in [-0.15, -0.1) is 0 Å². The third-order valence-corrected chi connectivity index (χ3v) is 2.94. The molecule has 21 heavy (non-hydrogen) atoms. The van der Waals surface area contributed by atoms with Crippen LogP contribution in [0.3, 0.4) is 0 Å². The smallest absolute Gasteiger partial charge is 0.220 e. The molecule has 0 bridgehead atoms. The lowest BCUT2D eigenvalue weighted by molar-refractivity contribution is -0.118. The van der Waals surface area contributed by atoms with Crippen LogP contribution in [0, 0.1) is 0 Å². The highest BCUT2D eigenvalue weighted by molar-refractivity contribution is 6.30. The van der Waals surface area contributed by atoms with Crippen LogP contribution in [-0.2, 0) is 11.3 Å². The number of primary amides is 1. The molecule has 0 atom stereocenters. The summed E-state index contributed by atoms with van der Waals surface area (Å²) in [6, 6.07) is 3.50. The summed E-state index contributed by atoms with van der Waals surface area (Å²) < 4.78 is 11.0. The van der Waals surface area contributed by atoms with E-state index in [1.807, 2.05) is 6.07 Å². The molecule has 0 aromatic heterocycles. The number of methoxy groups -OCH3 is 1. The summed E-state index contributed by atoms with van der Waals surface area (Å²) >= 11 is 6.10. The number of carbonyl (C=O) groups excluding carboxylic acids is 1. The second-order valence-corrected chi connectivity index (χ2v) is 6.20. The van der Waals surface area contributed by atoms with E-state index in [2.05, 4.69) is 26.1 Å². The minimum absolute atomic E-state index is 0.0416. The first-order valence-electron chi connectivity index (χ1n) is 6.75. The van der Waals surface area contributed by atoms with Crippen LogP contribution in [0.25, 0.3) is 0 Å². The number of ether oxygens (including phenoxy) is 2. The predicted molar refractivity (Wildman–Crippen MR) is 83.9 cm³/mol. The highest BCUT2D eigenvalue weighted by Gasteiger charge is 2.16. The van der Waals surface area contributed by atoms with E-state index in [0.29, 0.717) is 23.1 Å². The van der Waals surface area contributed by atoms with Crippen molar-refractivity contribution >= 4 is 17.5 Å². The number of hydrogen-bond donors (Lipinski definition) is 2. The molecule has 0 radical (unpaired) electrons. The van der Waals surface area contributed by atoms with Crippen LogP contribution < -0.4 is 20.5 Å². The van der Waals surface area contributed by atoms with E-state index in [0.717, 1.165) is 5.56 Å². The number of nitrogens with two attached hydrogens (primary N) is 1. The predicted octanol–water partition coefficient (Wildman–Crippen LogP) is 2.49. The van der Waals surface area contributed by atoms with E-state index < -0.39 is 5.91 Å². The Labute approximate surface area is 130 Å². The van der Waals surface area contributed by atoms with Crippen LogP contribution in [-0.4, -0.2) is 25.2 Å². The Hall–Kier alpha value is -1.46. The number of nitrogens with one attached hydrogen (secondary N) is 1. The van der Waals surface area contributed by atoms with Gasteiger partial charge in [-0.1, -0.05) is 11.6 Å². The third kappa shape index (κ3) is 6.23. The Morgan fingerprint density at radius 1 is 1.38 bits per heavy atom. The quantitative estimate of drug-likeness (QED) is 0.811. The van der Waals surface area contributed by atoms with Gasteiger partial charge in [0.05, 0.1) is 20.1 Å². The molecule has 1 aromatic carbocycles. The fourth-order valence-corrected chi connectivity index (χ4v) is 1.91. The van der Waals surface area contributed by atoms with Crippen molar-refractivity contribution < 1.29 is 14.3 Å². The minimum atomic E-state index is -0.405. The Morgan fingerprint density at radius 2 is 2.05 bits per heavy atom. The molecule has 6 heteroatoms. The molecule has 0 saturated carbocycles. The van der Waals surface area contributed by atoms with Crippen LogP contribution in [0.4, 0.5) is 0 Å². The second kappa shape index (κ2) is 7.52. The summed E-state index contributed by atoms with van der Waals surface area (Å²) in [7, 11) is 1.55. The number of halogens is 1. The molecule has 0 aliphatic carbocycles. The largest absolute Gasteiger partial charge is 0.493 e. The van der Waals surface area contributed by atoms with Gasteiger partial charge in [-0.2, -0.15) is 0 Å². The van der Waals surface area contributed by atoms with E-state index in [1.54, 1.807) is 13.2 Å². The number of hydrogen-bond acceptors (Lipinski definition) is 4. The normalized spacial score (nSPS) is 11.3. The van der Waals surface area contributed by atoms with E-state index in [-0.39, 0.29) is 18.6 Å². The Balaban J connectivity index is 2.96. The van der Waals surface area contributed by atoms with Crippen molar-refractivity contribution in [2.24, 2.45) is 5.73 Å².